The third-order valence-corrected chi connectivity index (χ3v) is 6.08. The summed E-state index contributed by atoms with van der Waals surface area (Å²) in [6.45, 7) is 4.21. The summed E-state index contributed by atoms with van der Waals surface area (Å²) in [5.74, 6) is 1.45. The second-order valence-electron chi connectivity index (χ2n) is 6.61. The fourth-order valence-electron chi connectivity index (χ4n) is 2.97. The minimum Gasteiger partial charge on any atom is -0.493 e. The number of nitrogens with zero attached hydrogens (tertiary/aromatic N) is 1. The normalized spacial score (nSPS) is 15.9. The zero-order valence-electron chi connectivity index (χ0n) is 14.6. The monoisotopic (exact) mass is 364 g/mol. The van der Waals surface area contributed by atoms with Crippen LogP contribution < -0.4 is 9.46 Å². The average molecular weight is 364 g/mol. The number of aromatic nitrogens is 1. The van der Waals surface area contributed by atoms with Crippen LogP contribution in [0.1, 0.15) is 43.4 Å². The summed E-state index contributed by atoms with van der Waals surface area (Å²) >= 11 is 0. The van der Waals surface area contributed by atoms with E-state index in [2.05, 4.69) is 9.88 Å². The van der Waals surface area contributed by atoms with Gasteiger partial charge in [-0.3, -0.25) is 0 Å². The summed E-state index contributed by atoms with van der Waals surface area (Å²) in [7, 11) is -3.71. The van der Waals surface area contributed by atoms with Crippen LogP contribution >= 0.6 is 0 Å². The molecule has 25 heavy (non-hydrogen) atoms. The van der Waals surface area contributed by atoms with E-state index in [1.54, 1.807) is 26.0 Å². The van der Waals surface area contributed by atoms with Gasteiger partial charge in [0, 0.05) is 5.56 Å². The fourth-order valence-corrected chi connectivity index (χ4v) is 4.02. The molecule has 3 rings (SSSR count). The number of rotatable bonds is 6. The van der Waals surface area contributed by atoms with Crippen LogP contribution in [0, 0.1) is 19.8 Å². The summed E-state index contributed by atoms with van der Waals surface area (Å²) in [5, 5.41) is 3.75. The molecular formula is C18H24N2O4S. The number of hydrogen-bond acceptors (Lipinski definition) is 5. The Hall–Kier alpha value is -2.02. The van der Waals surface area contributed by atoms with Crippen LogP contribution in [0.2, 0.25) is 0 Å². The molecule has 1 aliphatic rings. The van der Waals surface area contributed by atoms with Crippen molar-refractivity contribution in [3.8, 4) is 5.75 Å². The topological polar surface area (TPSA) is 81.4 Å². The molecule has 1 saturated carbocycles. The molecule has 0 bridgehead atoms. The van der Waals surface area contributed by atoms with Crippen LogP contribution in [0.4, 0.5) is 5.88 Å². The highest BCUT2D eigenvalue weighted by atomic mass is 32.2. The van der Waals surface area contributed by atoms with Crippen molar-refractivity contribution in [2.75, 3.05) is 11.3 Å². The zero-order valence-corrected chi connectivity index (χ0v) is 15.4. The Balaban J connectivity index is 1.63. The maximum absolute atomic E-state index is 12.4. The number of ether oxygens (including phenoxy) is 1. The van der Waals surface area contributed by atoms with Crippen LogP contribution in [0.3, 0.4) is 0 Å². The Kier molecular flexibility index (Phi) is 5.32. The molecule has 0 spiro atoms. The lowest BCUT2D eigenvalue weighted by Crippen LogP contribution is -2.15. The molecule has 1 N–H and O–H groups in total. The number of sulfonamides is 1. The van der Waals surface area contributed by atoms with Crippen molar-refractivity contribution in [2.45, 2.75) is 50.8 Å². The van der Waals surface area contributed by atoms with Gasteiger partial charge in [-0.15, -0.1) is 0 Å². The zero-order chi connectivity index (χ0) is 17.9. The first-order valence-corrected chi connectivity index (χ1v) is 10.1. The van der Waals surface area contributed by atoms with Gasteiger partial charge in [-0.1, -0.05) is 24.4 Å². The smallest absolute Gasteiger partial charge is 0.264 e. The molecule has 0 saturated heterocycles. The predicted octanol–water partition coefficient (Wildman–Crippen LogP) is 4.05. The molecule has 7 heteroatoms. The third kappa shape index (κ3) is 4.34. The predicted molar refractivity (Wildman–Crippen MR) is 95.3 cm³/mol. The first-order chi connectivity index (χ1) is 12.0. The van der Waals surface area contributed by atoms with Gasteiger partial charge >= 0.3 is 0 Å². The van der Waals surface area contributed by atoms with E-state index in [-0.39, 0.29) is 10.8 Å². The molecule has 0 atom stereocenters. The van der Waals surface area contributed by atoms with Crippen LogP contribution in [0.5, 0.6) is 5.75 Å². The Morgan fingerprint density at radius 2 is 1.84 bits per heavy atom. The minimum absolute atomic E-state index is 0.148. The summed E-state index contributed by atoms with van der Waals surface area (Å²) in [6, 6.07) is 6.46. The van der Waals surface area contributed by atoms with Crippen molar-refractivity contribution in [1.82, 2.24) is 5.16 Å². The van der Waals surface area contributed by atoms with Crippen molar-refractivity contribution in [1.29, 1.82) is 0 Å². The maximum atomic E-state index is 12.4. The molecule has 1 fully saturated rings. The molecule has 136 valence electrons. The summed E-state index contributed by atoms with van der Waals surface area (Å²) in [5.41, 5.74) is 1.33. The summed E-state index contributed by atoms with van der Waals surface area (Å²) in [4.78, 5) is 0.158. The van der Waals surface area contributed by atoms with Gasteiger partial charge in [0.1, 0.15) is 5.75 Å². The molecule has 0 aliphatic heterocycles. The van der Waals surface area contributed by atoms with Gasteiger partial charge in [0.05, 0.1) is 17.2 Å². The van der Waals surface area contributed by atoms with Crippen LogP contribution in [-0.2, 0) is 10.0 Å². The van der Waals surface area contributed by atoms with Crippen LogP contribution in [-0.4, -0.2) is 20.2 Å². The highest BCUT2D eigenvalue weighted by Crippen LogP contribution is 2.26. The largest absolute Gasteiger partial charge is 0.493 e. The van der Waals surface area contributed by atoms with E-state index in [1.807, 2.05) is 0 Å². The van der Waals surface area contributed by atoms with Gasteiger partial charge in [0.25, 0.3) is 10.0 Å². The van der Waals surface area contributed by atoms with Crippen molar-refractivity contribution < 1.29 is 17.7 Å². The molecule has 1 aliphatic carbocycles. The molecule has 1 aromatic carbocycles. The number of anilines is 1. The van der Waals surface area contributed by atoms with E-state index in [1.165, 1.54) is 44.2 Å². The van der Waals surface area contributed by atoms with Crippen LogP contribution in [0.15, 0.2) is 33.7 Å². The number of aryl methyl sites for hydroxylation is 1. The first kappa shape index (κ1) is 17.8. The van der Waals surface area contributed by atoms with E-state index >= 15 is 0 Å². The van der Waals surface area contributed by atoms with E-state index in [0.717, 1.165) is 0 Å². The minimum atomic E-state index is -3.71. The molecular weight excluding hydrogens is 340 g/mol. The molecule has 2 aromatic rings. The van der Waals surface area contributed by atoms with Gasteiger partial charge < -0.3 is 9.26 Å². The number of hydrogen-bond donors (Lipinski definition) is 1. The van der Waals surface area contributed by atoms with E-state index < -0.39 is 10.0 Å². The second kappa shape index (κ2) is 7.47. The van der Waals surface area contributed by atoms with Crippen molar-refractivity contribution in [2.24, 2.45) is 5.92 Å². The van der Waals surface area contributed by atoms with Gasteiger partial charge in [0.15, 0.2) is 0 Å². The Morgan fingerprint density at radius 3 is 2.44 bits per heavy atom. The average Bonchev–Trinajstić information content (AvgIpc) is 2.93. The highest BCUT2D eigenvalue weighted by molar-refractivity contribution is 7.92. The quantitative estimate of drug-likeness (QED) is 0.836. The van der Waals surface area contributed by atoms with Crippen molar-refractivity contribution in [3.05, 3.63) is 35.5 Å². The van der Waals surface area contributed by atoms with E-state index in [9.17, 15) is 8.42 Å². The van der Waals surface area contributed by atoms with Gasteiger partial charge in [0.2, 0.25) is 5.88 Å². The SMILES string of the molecule is Cc1noc(NS(=O)(=O)c2ccc(OCC3CCCCC3)cc2)c1C. The number of nitrogens with one attached hydrogen (secondary N) is 1. The highest BCUT2D eigenvalue weighted by Gasteiger charge is 2.19. The van der Waals surface area contributed by atoms with Gasteiger partial charge in [-0.2, -0.15) is 0 Å². The summed E-state index contributed by atoms with van der Waals surface area (Å²) < 4.78 is 38.1. The van der Waals surface area contributed by atoms with Crippen molar-refractivity contribution >= 4 is 15.9 Å². The van der Waals surface area contributed by atoms with E-state index in [0.29, 0.717) is 29.5 Å². The molecule has 6 nitrogen and oxygen atoms in total. The van der Waals surface area contributed by atoms with Gasteiger partial charge in [-0.05, 0) is 56.9 Å². The lowest BCUT2D eigenvalue weighted by molar-refractivity contribution is 0.209. The molecule has 1 heterocycles. The molecule has 0 amide bonds. The third-order valence-electron chi connectivity index (χ3n) is 4.73. The summed E-state index contributed by atoms with van der Waals surface area (Å²) in [6.07, 6.45) is 6.30. The second-order valence-corrected chi connectivity index (χ2v) is 8.30. The standard InChI is InChI=1S/C18H24N2O4S/c1-13-14(2)19-24-18(13)20-25(21,22)17-10-8-16(9-11-17)23-12-15-6-4-3-5-7-15/h8-11,15,20H,3-7,12H2,1-2H3. The number of benzene rings is 1. The van der Waals surface area contributed by atoms with Crippen LogP contribution in [0.25, 0.3) is 0 Å². The molecule has 0 radical (unpaired) electrons. The van der Waals surface area contributed by atoms with E-state index in [4.69, 9.17) is 9.26 Å². The van der Waals surface area contributed by atoms with Gasteiger partial charge in [-0.25, -0.2) is 13.1 Å². The maximum Gasteiger partial charge on any atom is 0.264 e. The first-order valence-electron chi connectivity index (χ1n) is 8.64. The fraction of sp³-hybridized carbons (Fsp3) is 0.500. The Morgan fingerprint density at radius 1 is 1.16 bits per heavy atom. The lowest BCUT2D eigenvalue weighted by Gasteiger charge is -2.21. The molecule has 0 unspecified atom stereocenters. The lowest BCUT2D eigenvalue weighted by atomic mass is 9.90. The molecule has 1 aromatic heterocycles. The van der Waals surface area contributed by atoms with Crippen molar-refractivity contribution in [3.63, 3.8) is 0 Å². The Labute approximate surface area is 148 Å². The Bertz CT molecular complexity index is 806.